The summed E-state index contributed by atoms with van der Waals surface area (Å²) in [5.41, 5.74) is 0.372. The van der Waals surface area contributed by atoms with Gasteiger partial charge in [-0.2, -0.15) is 0 Å². The van der Waals surface area contributed by atoms with Gasteiger partial charge in [0.15, 0.2) is 0 Å². The minimum absolute atomic E-state index is 0.0349. The molecule has 1 heterocycles. The summed E-state index contributed by atoms with van der Waals surface area (Å²) in [6.07, 6.45) is 9.22. The highest BCUT2D eigenvalue weighted by molar-refractivity contribution is 7.92. The van der Waals surface area contributed by atoms with Gasteiger partial charge in [0, 0.05) is 13.1 Å². The van der Waals surface area contributed by atoms with Gasteiger partial charge in [0.05, 0.1) is 30.9 Å². The Kier molecular flexibility index (Phi) is 5.12. The highest BCUT2D eigenvalue weighted by Gasteiger charge is 2.17. The molecule has 0 aromatic carbocycles. The van der Waals surface area contributed by atoms with Gasteiger partial charge in [-0.3, -0.25) is 4.31 Å². The second kappa shape index (κ2) is 6.38. The second-order valence-corrected chi connectivity index (χ2v) is 5.79. The Morgan fingerprint density at radius 1 is 1.26 bits per heavy atom. The monoisotopic (exact) mass is 282 g/mol. The SMILES string of the molecule is C#CCN(c1cnc(N(CC)CC)nc1)S(C)(=O)=O. The van der Waals surface area contributed by atoms with Crippen LogP contribution in [0.15, 0.2) is 12.4 Å². The van der Waals surface area contributed by atoms with Gasteiger partial charge in [-0.15, -0.1) is 6.42 Å². The van der Waals surface area contributed by atoms with Crippen molar-refractivity contribution in [3.05, 3.63) is 12.4 Å². The summed E-state index contributed by atoms with van der Waals surface area (Å²) in [4.78, 5) is 10.3. The standard InChI is InChI=1S/C12H18N4O2S/c1-5-8-16(19(4,17)18)11-9-13-12(14-10-11)15(6-2)7-3/h1,9-10H,6-8H2,2-4H3. The Hall–Kier alpha value is -1.81. The lowest BCUT2D eigenvalue weighted by Crippen LogP contribution is -2.31. The Bertz CT molecular complexity index is 544. The first kappa shape index (κ1) is 15.2. The lowest BCUT2D eigenvalue weighted by molar-refractivity contribution is 0.599. The average Bonchev–Trinajstić information content (AvgIpc) is 2.37. The Morgan fingerprint density at radius 2 is 1.79 bits per heavy atom. The molecule has 0 aliphatic rings. The van der Waals surface area contributed by atoms with Gasteiger partial charge in [-0.05, 0) is 13.8 Å². The van der Waals surface area contributed by atoms with E-state index >= 15 is 0 Å². The van der Waals surface area contributed by atoms with Crippen molar-refractivity contribution in [2.45, 2.75) is 13.8 Å². The molecule has 1 rings (SSSR count). The molecule has 0 amide bonds. The minimum atomic E-state index is -3.43. The molecule has 0 spiro atoms. The zero-order valence-corrected chi connectivity index (χ0v) is 12.2. The van der Waals surface area contributed by atoms with Crippen LogP contribution in [0.4, 0.5) is 11.6 Å². The smallest absolute Gasteiger partial charge is 0.233 e. The Morgan fingerprint density at radius 3 is 2.16 bits per heavy atom. The van der Waals surface area contributed by atoms with Crippen LogP contribution >= 0.6 is 0 Å². The van der Waals surface area contributed by atoms with Crippen LogP contribution in [-0.4, -0.2) is 44.3 Å². The molecule has 6 nitrogen and oxygen atoms in total. The van der Waals surface area contributed by atoms with Crippen LogP contribution in [0.1, 0.15) is 13.8 Å². The molecule has 7 heteroatoms. The average molecular weight is 282 g/mol. The summed E-state index contributed by atoms with van der Waals surface area (Å²) in [7, 11) is -3.43. The summed E-state index contributed by atoms with van der Waals surface area (Å²) < 4.78 is 24.3. The molecular formula is C12H18N4O2S. The van der Waals surface area contributed by atoms with Gasteiger partial charge in [-0.1, -0.05) is 5.92 Å². The van der Waals surface area contributed by atoms with Crippen LogP contribution in [0, 0.1) is 12.3 Å². The van der Waals surface area contributed by atoms with Crippen molar-refractivity contribution in [3.63, 3.8) is 0 Å². The third-order valence-electron chi connectivity index (χ3n) is 2.59. The van der Waals surface area contributed by atoms with Gasteiger partial charge in [0.1, 0.15) is 0 Å². The summed E-state index contributed by atoms with van der Waals surface area (Å²) in [6, 6.07) is 0. The van der Waals surface area contributed by atoms with Gasteiger partial charge >= 0.3 is 0 Å². The third kappa shape index (κ3) is 3.83. The first-order chi connectivity index (χ1) is 8.93. The van der Waals surface area contributed by atoms with Crippen LogP contribution in [0.5, 0.6) is 0 Å². The van der Waals surface area contributed by atoms with Gasteiger partial charge in [0.25, 0.3) is 0 Å². The van der Waals surface area contributed by atoms with Crippen molar-refractivity contribution in [1.29, 1.82) is 0 Å². The lowest BCUT2D eigenvalue weighted by atomic mass is 10.5. The molecule has 0 N–H and O–H groups in total. The van der Waals surface area contributed by atoms with Crippen molar-refractivity contribution in [3.8, 4) is 12.3 Å². The van der Waals surface area contributed by atoms with Crippen molar-refractivity contribution >= 4 is 21.7 Å². The predicted molar refractivity (Wildman–Crippen MR) is 76.6 cm³/mol. The molecule has 0 aliphatic carbocycles. The maximum atomic E-state index is 11.6. The largest absolute Gasteiger partial charge is 0.341 e. The molecule has 0 bridgehead atoms. The van der Waals surface area contributed by atoms with Crippen LogP contribution in [0.25, 0.3) is 0 Å². The number of rotatable bonds is 6. The maximum absolute atomic E-state index is 11.6. The number of hydrogen-bond acceptors (Lipinski definition) is 5. The van der Waals surface area contributed by atoms with Gasteiger partial charge < -0.3 is 4.90 Å². The number of aromatic nitrogens is 2. The van der Waals surface area contributed by atoms with E-state index in [4.69, 9.17) is 6.42 Å². The minimum Gasteiger partial charge on any atom is -0.341 e. The van der Waals surface area contributed by atoms with E-state index in [2.05, 4.69) is 15.9 Å². The molecule has 0 aliphatic heterocycles. The molecular weight excluding hydrogens is 264 g/mol. The molecule has 0 radical (unpaired) electrons. The van der Waals surface area contributed by atoms with Gasteiger partial charge in [0.2, 0.25) is 16.0 Å². The molecule has 19 heavy (non-hydrogen) atoms. The van der Waals surface area contributed by atoms with Crippen LogP contribution in [0.2, 0.25) is 0 Å². The van der Waals surface area contributed by atoms with E-state index in [0.29, 0.717) is 11.6 Å². The summed E-state index contributed by atoms with van der Waals surface area (Å²) >= 11 is 0. The third-order valence-corrected chi connectivity index (χ3v) is 3.73. The summed E-state index contributed by atoms with van der Waals surface area (Å²) in [5.74, 6) is 2.89. The molecule has 0 unspecified atom stereocenters. The van der Waals surface area contributed by atoms with Crippen LogP contribution < -0.4 is 9.21 Å². The molecule has 0 saturated heterocycles. The van der Waals surface area contributed by atoms with E-state index < -0.39 is 10.0 Å². The van der Waals surface area contributed by atoms with E-state index in [-0.39, 0.29) is 6.54 Å². The lowest BCUT2D eigenvalue weighted by Gasteiger charge is -2.21. The molecule has 1 aromatic heterocycles. The topological polar surface area (TPSA) is 66.4 Å². The molecule has 0 saturated carbocycles. The quantitative estimate of drug-likeness (QED) is 0.719. The first-order valence-electron chi connectivity index (χ1n) is 5.92. The fourth-order valence-corrected chi connectivity index (χ4v) is 2.38. The predicted octanol–water partition coefficient (Wildman–Crippen LogP) is 0.722. The van der Waals surface area contributed by atoms with Crippen molar-refractivity contribution in [2.75, 3.05) is 35.1 Å². The molecule has 0 fully saturated rings. The zero-order valence-electron chi connectivity index (χ0n) is 11.4. The summed E-state index contributed by atoms with van der Waals surface area (Å²) in [5, 5.41) is 0. The van der Waals surface area contributed by atoms with Crippen molar-refractivity contribution in [1.82, 2.24) is 9.97 Å². The van der Waals surface area contributed by atoms with E-state index in [9.17, 15) is 8.42 Å². The Labute approximate surface area is 114 Å². The number of sulfonamides is 1. The maximum Gasteiger partial charge on any atom is 0.233 e. The van der Waals surface area contributed by atoms with E-state index in [1.807, 2.05) is 18.7 Å². The zero-order chi connectivity index (χ0) is 14.5. The van der Waals surface area contributed by atoms with Crippen molar-refractivity contribution < 1.29 is 8.42 Å². The fraction of sp³-hybridized carbons (Fsp3) is 0.500. The molecule has 1 aromatic rings. The molecule has 0 atom stereocenters. The van der Waals surface area contributed by atoms with Crippen molar-refractivity contribution in [2.24, 2.45) is 0 Å². The first-order valence-corrected chi connectivity index (χ1v) is 7.77. The van der Waals surface area contributed by atoms with E-state index in [0.717, 1.165) is 23.7 Å². The number of terminal acetylenes is 1. The van der Waals surface area contributed by atoms with Crippen LogP contribution in [-0.2, 0) is 10.0 Å². The van der Waals surface area contributed by atoms with E-state index in [1.165, 1.54) is 12.4 Å². The summed E-state index contributed by atoms with van der Waals surface area (Å²) in [6.45, 7) is 5.54. The second-order valence-electron chi connectivity index (χ2n) is 3.89. The Balaban J connectivity index is 3.06. The molecule has 104 valence electrons. The highest BCUT2D eigenvalue weighted by atomic mass is 32.2. The number of anilines is 2. The highest BCUT2D eigenvalue weighted by Crippen LogP contribution is 2.16. The van der Waals surface area contributed by atoms with Crippen LogP contribution in [0.3, 0.4) is 0 Å². The fourth-order valence-electron chi connectivity index (χ4n) is 1.60. The number of hydrogen-bond donors (Lipinski definition) is 0. The number of nitrogens with zero attached hydrogens (tertiary/aromatic N) is 4. The van der Waals surface area contributed by atoms with Gasteiger partial charge in [-0.25, -0.2) is 18.4 Å². The normalized spacial score (nSPS) is 10.8. The van der Waals surface area contributed by atoms with E-state index in [1.54, 1.807) is 0 Å².